The Morgan fingerprint density at radius 2 is 1.18 bits per heavy atom. The fraction of sp³-hybridized carbons (Fsp3) is 0.217. The van der Waals surface area contributed by atoms with Gasteiger partial charge in [-0.2, -0.15) is 4.31 Å². The summed E-state index contributed by atoms with van der Waals surface area (Å²) in [6.07, 6.45) is 0.917. The van der Waals surface area contributed by atoms with Crippen molar-refractivity contribution in [2.24, 2.45) is 0 Å². The van der Waals surface area contributed by atoms with Gasteiger partial charge in [0.1, 0.15) is 9.79 Å². The van der Waals surface area contributed by atoms with Crippen LogP contribution >= 0.6 is 31.9 Å². The van der Waals surface area contributed by atoms with Crippen molar-refractivity contribution in [3.05, 3.63) is 92.9 Å². The number of halogens is 2. The first-order valence-corrected chi connectivity index (χ1v) is 14.5. The molecule has 0 atom stereocenters. The largest absolute Gasteiger partial charge is 0.244 e. The average molecular weight is 616 g/mol. The van der Waals surface area contributed by atoms with Crippen molar-refractivity contribution in [3.8, 4) is 0 Å². The van der Waals surface area contributed by atoms with Crippen LogP contribution in [0, 0.1) is 0 Å². The molecule has 0 aliphatic carbocycles. The number of hydrogen-bond acceptors (Lipinski definition) is 4. The normalized spacial score (nSPS) is 12.4. The minimum Gasteiger partial charge on any atom is -0.214 e. The molecule has 176 valence electrons. The number of sulfonamides is 2. The number of hydrogen-bond donors (Lipinski definition) is 1. The van der Waals surface area contributed by atoms with Gasteiger partial charge in [0, 0.05) is 22.0 Å². The summed E-state index contributed by atoms with van der Waals surface area (Å²) in [4.78, 5) is -0.524. The molecule has 0 heterocycles. The summed E-state index contributed by atoms with van der Waals surface area (Å²) in [6.45, 7) is 0. The maximum Gasteiger partial charge on any atom is 0.244 e. The lowest BCUT2D eigenvalue weighted by atomic mass is 9.99. The van der Waals surface area contributed by atoms with Gasteiger partial charge in [0.2, 0.25) is 20.0 Å². The van der Waals surface area contributed by atoms with Gasteiger partial charge in [-0.05, 0) is 67.4 Å². The molecule has 0 aliphatic rings. The van der Waals surface area contributed by atoms with E-state index in [2.05, 4.69) is 36.6 Å². The molecule has 3 aromatic rings. The van der Waals surface area contributed by atoms with E-state index in [-0.39, 0.29) is 9.79 Å². The van der Waals surface area contributed by atoms with Crippen LogP contribution in [0.4, 0.5) is 0 Å². The van der Waals surface area contributed by atoms with E-state index in [0.29, 0.717) is 12.8 Å². The lowest BCUT2D eigenvalue weighted by Gasteiger charge is -2.28. The van der Waals surface area contributed by atoms with Crippen molar-refractivity contribution in [1.29, 1.82) is 0 Å². The molecule has 1 N–H and O–H groups in total. The molecule has 0 amide bonds. The highest BCUT2D eigenvalue weighted by molar-refractivity contribution is 9.10. The second kappa shape index (κ2) is 10.8. The minimum absolute atomic E-state index is 0.251. The van der Waals surface area contributed by atoms with E-state index in [0.717, 1.165) is 20.1 Å². The van der Waals surface area contributed by atoms with Crippen LogP contribution < -0.4 is 4.72 Å². The van der Waals surface area contributed by atoms with Gasteiger partial charge in [-0.3, -0.25) is 0 Å². The summed E-state index contributed by atoms with van der Waals surface area (Å²) in [6, 6.07) is 20.6. The summed E-state index contributed by atoms with van der Waals surface area (Å²) in [5.74, 6) is 0. The molecule has 0 fully saturated rings. The van der Waals surface area contributed by atoms with Crippen LogP contribution in [0.5, 0.6) is 0 Å². The van der Waals surface area contributed by atoms with Gasteiger partial charge in [0.05, 0.1) is 0 Å². The molecule has 0 saturated carbocycles. The third-order valence-electron chi connectivity index (χ3n) is 5.35. The van der Waals surface area contributed by atoms with Crippen molar-refractivity contribution in [1.82, 2.24) is 9.03 Å². The third-order valence-corrected chi connectivity index (χ3v) is 9.98. The molecule has 0 spiro atoms. The quantitative estimate of drug-likeness (QED) is 0.382. The molecular weight excluding hydrogens is 592 g/mol. The van der Waals surface area contributed by atoms with Crippen LogP contribution in [0.1, 0.15) is 11.1 Å². The fourth-order valence-electron chi connectivity index (χ4n) is 3.46. The molecule has 3 aromatic carbocycles. The Kier molecular flexibility index (Phi) is 8.52. The summed E-state index contributed by atoms with van der Waals surface area (Å²) in [5.41, 5.74) is 1.94. The topological polar surface area (TPSA) is 83.5 Å². The number of rotatable bonds is 9. The van der Waals surface area contributed by atoms with E-state index >= 15 is 0 Å². The number of likely N-dealkylation sites (N-methyl/N-ethyl adjacent to an activating group) is 1. The fourth-order valence-corrected chi connectivity index (χ4v) is 6.87. The van der Waals surface area contributed by atoms with Crippen LogP contribution in [0.25, 0.3) is 0 Å². The van der Waals surface area contributed by atoms with E-state index < -0.39 is 26.1 Å². The molecule has 10 heteroatoms. The van der Waals surface area contributed by atoms with Gasteiger partial charge in [0.15, 0.2) is 0 Å². The molecule has 0 radical (unpaired) electrons. The maximum atomic E-state index is 13.7. The van der Waals surface area contributed by atoms with Crippen LogP contribution in [0.2, 0.25) is 0 Å². The van der Waals surface area contributed by atoms with Gasteiger partial charge in [-0.15, -0.1) is 0 Å². The van der Waals surface area contributed by atoms with Crippen LogP contribution in [-0.4, -0.2) is 41.3 Å². The lowest BCUT2D eigenvalue weighted by Crippen LogP contribution is -2.40. The SMILES string of the molecule is CNS(=O)(=O)c1ccccc1S(=O)(=O)N(C)C(Cc1ccc(Br)cc1)Cc1ccc(Br)cc1. The molecule has 33 heavy (non-hydrogen) atoms. The lowest BCUT2D eigenvalue weighted by molar-refractivity contribution is 0.361. The van der Waals surface area contributed by atoms with Crippen molar-refractivity contribution in [2.75, 3.05) is 14.1 Å². The van der Waals surface area contributed by atoms with E-state index in [1.54, 1.807) is 0 Å². The number of benzene rings is 3. The predicted molar refractivity (Wildman–Crippen MR) is 137 cm³/mol. The van der Waals surface area contributed by atoms with Crippen molar-refractivity contribution in [2.45, 2.75) is 28.7 Å². The molecular formula is C23H24Br2N2O4S2. The van der Waals surface area contributed by atoms with E-state index in [1.807, 2.05) is 48.5 Å². The molecule has 0 aromatic heterocycles. The highest BCUT2D eigenvalue weighted by Gasteiger charge is 2.33. The first-order valence-electron chi connectivity index (χ1n) is 10.0. The van der Waals surface area contributed by atoms with Gasteiger partial charge in [-0.25, -0.2) is 21.6 Å². The van der Waals surface area contributed by atoms with Gasteiger partial charge in [-0.1, -0.05) is 68.3 Å². The molecule has 0 bridgehead atoms. The van der Waals surface area contributed by atoms with Crippen LogP contribution in [0.15, 0.2) is 91.5 Å². The maximum absolute atomic E-state index is 13.7. The second-order valence-corrected chi connectivity index (χ2v) is 13.1. The highest BCUT2D eigenvalue weighted by Crippen LogP contribution is 2.27. The van der Waals surface area contributed by atoms with Crippen molar-refractivity contribution in [3.63, 3.8) is 0 Å². The van der Waals surface area contributed by atoms with E-state index in [9.17, 15) is 16.8 Å². The van der Waals surface area contributed by atoms with Crippen LogP contribution in [0.3, 0.4) is 0 Å². The monoisotopic (exact) mass is 614 g/mol. The zero-order chi connectivity index (χ0) is 24.2. The minimum atomic E-state index is -4.12. The molecule has 6 nitrogen and oxygen atoms in total. The Labute approximate surface area is 212 Å². The summed E-state index contributed by atoms with van der Waals surface area (Å²) < 4.78 is 57.7. The highest BCUT2D eigenvalue weighted by atomic mass is 79.9. The van der Waals surface area contributed by atoms with Gasteiger partial charge in [0.25, 0.3) is 0 Å². The van der Waals surface area contributed by atoms with Gasteiger partial charge < -0.3 is 0 Å². The standard InChI is InChI=1S/C23H24Br2N2O4S2/c1-26-32(28,29)22-5-3-4-6-23(22)33(30,31)27(2)21(15-17-7-11-19(24)12-8-17)16-18-9-13-20(25)14-10-18/h3-14,21,26H,15-16H2,1-2H3. The Morgan fingerprint density at radius 3 is 1.61 bits per heavy atom. The van der Waals surface area contributed by atoms with E-state index in [4.69, 9.17) is 0 Å². The zero-order valence-electron chi connectivity index (χ0n) is 18.1. The predicted octanol–water partition coefficient (Wildman–Crippen LogP) is 4.59. The molecule has 3 rings (SSSR count). The van der Waals surface area contributed by atoms with Crippen molar-refractivity contribution < 1.29 is 16.8 Å². The molecule has 0 aliphatic heterocycles. The molecule has 0 saturated heterocycles. The average Bonchev–Trinajstić information content (AvgIpc) is 2.81. The molecule has 0 unspecified atom stereocenters. The Bertz CT molecular complexity index is 1260. The van der Waals surface area contributed by atoms with Crippen molar-refractivity contribution >= 4 is 51.9 Å². The third kappa shape index (κ3) is 6.32. The van der Waals surface area contributed by atoms with Crippen LogP contribution in [-0.2, 0) is 32.9 Å². The zero-order valence-corrected chi connectivity index (χ0v) is 22.9. The first kappa shape index (κ1) is 26.1. The summed E-state index contributed by atoms with van der Waals surface area (Å²) >= 11 is 6.85. The Morgan fingerprint density at radius 1 is 0.758 bits per heavy atom. The summed E-state index contributed by atoms with van der Waals surface area (Å²) in [7, 11) is -5.33. The van der Waals surface area contributed by atoms with E-state index in [1.165, 1.54) is 42.7 Å². The number of nitrogens with zero attached hydrogens (tertiary/aromatic N) is 1. The first-order chi connectivity index (χ1) is 15.5. The Balaban J connectivity index is 2.03. The smallest absolute Gasteiger partial charge is 0.214 e. The van der Waals surface area contributed by atoms with Gasteiger partial charge >= 0.3 is 0 Å². The second-order valence-electron chi connectivity index (χ2n) is 7.49. The number of nitrogens with one attached hydrogen (secondary N) is 1. The summed E-state index contributed by atoms with van der Waals surface area (Å²) in [5, 5.41) is 0. The Hall–Kier alpha value is -1.56.